The van der Waals surface area contributed by atoms with Gasteiger partial charge >= 0.3 is 0 Å². The van der Waals surface area contributed by atoms with Crippen LogP contribution in [0.2, 0.25) is 0 Å². The Bertz CT molecular complexity index is 812. The third-order valence-electron chi connectivity index (χ3n) is 4.42. The number of aliphatic hydroxyl groups excluding tert-OH is 1. The summed E-state index contributed by atoms with van der Waals surface area (Å²) >= 11 is 0. The van der Waals surface area contributed by atoms with Crippen molar-refractivity contribution in [2.24, 2.45) is 15.9 Å². The van der Waals surface area contributed by atoms with Crippen LogP contribution < -0.4 is 10.6 Å². The Morgan fingerprint density at radius 1 is 1.30 bits per heavy atom. The van der Waals surface area contributed by atoms with Gasteiger partial charge in [0.05, 0.1) is 18.8 Å². The van der Waals surface area contributed by atoms with E-state index in [-0.39, 0.29) is 12.0 Å². The molecule has 1 aliphatic heterocycles. The largest absolute Gasteiger partial charge is 0.366 e. The fraction of sp³-hybridized carbons (Fsp3) is 0.700. The van der Waals surface area contributed by atoms with Gasteiger partial charge < -0.3 is 19.9 Å². The number of nitrogens with zero attached hydrogens (tertiary/aromatic N) is 2. The van der Waals surface area contributed by atoms with E-state index in [4.69, 9.17) is 9.47 Å². The topological polar surface area (TPSA) is 122 Å². The van der Waals surface area contributed by atoms with E-state index in [0.717, 1.165) is 5.57 Å². The zero-order valence-corrected chi connectivity index (χ0v) is 19.2. The van der Waals surface area contributed by atoms with E-state index in [9.17, 15) is 13.5 Å². The van der Waals surface area contributed by atoms with Crippen molar-refractivity contribution >= 4 is 22.0 Å². The van der Waals surface area contributed by atoms with Crippen LogP contribution in [0, 0.1) is 5.92 Å². The predicted molar refractivity (Wildman–Crippen MR) is 118 cm³/mol. The molecule has 0 aromatic rings. The maximum absolute atomic E-state index is 11.7. The second-order valence-corrected chi connectivity index (χ2v) is 10.5. The summed E-state index contributed by atoms with van der Waals surface area (Å²) in [4.78, 5) is 9.10. The molecule has 0 saturated carbocycles. The molecule has 10 heteroatoms. The Kier molecular flexibility index (Phi) is 8.74. The molecule has 1 heterocycles. The summed E-state index contributed by atoms with van der Waals surface area (Å²) in [5.74, 6) is 0.479. The summed E-state index contributed by atoms with van der Waals surface area (Å²) in [5, 5.41) is 15.7. The summed E-state index contributed by atoms with van der Waals surface area (Å²) < 4.78 is 34.7. The molecule has 0 aromatic heterocycles. The van der Waals surface area contributed by atoms with Crippen molar-refractivity contribution in [3.05, 3.63) is 22.6 Å². The SMILES string of the molecule is CC1CC(COC2C=NC(NCCNC(O)OC(C)(C)C)=NC2)=CC=C1S(C)(=O)=O. The molecule has 0 spiro atoms. The maximum Gasteiger partial charge on any atom is 0.217 e. The molecule has 170 valence electrons. The van der Waals surface area contributed by atoms with Crippen LogP contribution in [0.5, 0.6) is 0 Å². The molecule has 3 unspecified atom stereocenters. The summed E-state index contributed by atoms with van der Waals surface area (Å²) in [6, 6.07) is 0. The molecule has 0 aromatic carbocycles. The van der Waals surface area contributed by atoms with Gasteiger partial charge in [-0.25, -0.2) is 18.4 Å². The van der Waals surface area contributed by atoms with Crippen LogP contribution in [0.15, 0.2) is 32.6 Å². The highest BCUT2D eigenvalue weighted by Crippen LogP contribution is 2.28. The monoisotopic (exact) mass is 442 g/mol. The number of rotatable bonds is 9. The third-order valence-corrected chi connectivity index (χ3v) is 5.82. The second kappa shape index (κ2) is 10.6. The Labute approximate surface area is 179 Å². The number of allylic oxidation sites excluding steroid dienone is 3. The van der Waals surface area contributed by atoms with Crippen molar-refractivity contribution in [1.29, 1.82) is 0 Å². The Hall–Kier alpha value is -1.59. The van der Waals surface area contributed by atoms with Gasteiger partial charge in [0, 0.05) is 30.5 Å². The molecule has 0 fully saturated rings. The van der Waals surface area contributed by atoms with E-state index in [2.05, 4.69) is 20.6 Å². The van der Waals surface area contributed by atoms with Gasteiger partial charge in [0.2, 0.25) is 12.4 Å². The molecule has 3 atom stereocenters. The minimum absolute atomic E-state index is 0.0432. The highest BCUT2D eigenvalue weighted by atomic mass is 32.2. The van der Waals surface area contributed by atoms with Crippen LogP contribution in [0.3, 0.4) is 0 Å². The van der Waals surface area contributed by atoms with E-state index < -0.39 is 21.9 Å². The first-order chi connectivity index (χ1) is 13.9. The standard InChI is InChI=1S/C20H34N4O5S/c1-14-10-15(6-7-17(14)30(5,26)27)13-28-16-11-23-18(24-12-16)21-8-9-22-19(25)29-20(2,3)4/h6-7,11,14,16,19,22,25H,8-10,12-13H2,1-5H3,(H,21,24). The van der Waals surface area contributed by atoms with Gasteiger partial charge in [-0.1, -0.05) is 13.0 Å². The van der Waals surface area contributed by atoms with Crippen molar-refractivity contribution in [3.8, 4) is 0 Å². The zero-order valence-electron chi connectivity index (χ0n) is 18.4. The first kappa shape index (κ1) is 24.7. The average molecular weight is 443 g/mol. The predicted octanol–water partition coefficient (Wildman–Crippen LogP) is 0.977. The minimum Gasteiger partial charge on any atom is -0.366 e. The van der Waals surface area contributed by atoms with Gasteiger partial charge in [0.25, 0.3) is 0 Å². The van der Waals surface area contributed by atoms with Crippen molar-refractivity contribution < 1.29 is 23.0 Å². The average Bonchev–Trinajstić information content (AvgIpc) is 2.62. The Morgan fingerprint density at radius 2 is 2.03 bits per heavy atom. The number of ether oxygens (including phenoxy) is 2. The molecule has 3 N–H and O–H groups in total. The smallest absolute Gasteiger partial charge is 0.217 e. The molecule has 2 aliphatic rings. The van der Waals surface area contributed by atoms with Crippen molar-refractivity contribution in [2.45, 2.75) is 52.2 Å². The third kappa shape index (κ3) is 8.65. The summed E-state index contributed by atoms with van der Waals surface area (Å²) in [5.41, 5.74) is 0.628. The lowest BCUT2D eigenvalue weighted by atomic mass is 9.96. The maximum atomic E-state index is 11.7. The van der Waals surface area contributed by atoms with Gasteiger partial charge in [-0.2, -0.15) is 0 Å². The molecule has 0 radical (unpaired) electrons. The molecular formula is C20H34N4O5S. The first-order valence-corrected chi connectivity index (χ1v) is 12.0. The van der Waals surface area contributed by atoms with Gasteiger partial charge in [-0.3, -0.25) is 5.32 Å². The minimum atomic E-state index is -3.16. The molecule has 2 rings (SSSR count). The van der Waals surface area contributed by atoms with E-state index in [1.165, 1.54) is 6.26 Å². The van der Waals surface area contributed by atoms with E-state index in [0.29, 0.717) is 43.5 Å². The summed E-state index contributed by atoms with van der Waals surface area (Å²) in [6.45, 7) is 9.42. The molecule has 0 bridgehead atoms. The van der Waals surface area contributed by atoms with E-state index in [1.807, 2.05) is 33.8 Å². The quantitative estimate of drug-likeness (QED) is 0.359. The lowest BCUT2D eigenvalue weighted by Gasteiger charge is -2.24. The summed E-state index contributed by atoms with van der Waals surface area (Å²) in [6.07, 6.45) is 5.88. The van der Waals surface area contributed by atoms with Gasteiger partial charge in [-0.05, 0) is 44.8 Å². The van der Waals surface area contributed by atoms with Crippen molar-refractivity contribution in [2.75, 3.05) is 32.5 Å². The van der Waals surface area contributed by atoms with Crippen molar-refractivity contribution in [3.63, 3.8) is 0 Å². The van der Waals surface area contributed by atoms with Crippen molar-refractivity contribution in [1.82, 2.24) is 10.6 Å². The van der Waals surface area contributed by atoms with Gasteiger partial charge in [0.15, 0.2) is 9.84 Å². The molecular weight excluding hydrogens is 408 g/mol. The van der Waals surface area contributed by atoms with E-state index >= 15 is 0 Å². The fourth-order valence-corrected chi connectivity index (χ4v) is 4.23. The Balaban J connectivity index is 1.68. The molecule has 1 aliphatic carbocycles. The number of hydrogen-bond acceptors (Lipinski definition) is 9. The van der Waals surface area contributed by atoms with Gasteiger partial charge in [0.1, 0.15) is 6.10 Å². The molecule has 9 nitrogen and oxygen atoms in total. The Morgan fingerprint density at radius 3 is 2.60 bits per heavy atom. The van der Waals surface area contributed by atoms with Crippen LogP contribution in [0.4, 0.5) is 0 Å². The fourth-order valence-electron chi connectivity index (χ4n) is 3.10. The molecule has 0 saturated heterocycles. The van der Waals surface area contributed by atoms with Crippen LogP contribution in [0.25, 0.3) is 0 Å². The zero-order chi connectivity index (χ0) is 22.4. The number of aliphatic hydroxyl groups is 1. The van der Waals surface area contributed by atoms with Crippen LogP contribution in [-0.2, 0) is 19.3 Å². The molecule has 30 heavy (non-hydrogen) atoms. The number of guanidine groups is 1. The van der Waals surface area contributed by atoms with Crippen LogP contribution >= 0.6 is 0 Å². The summed E-state index contributed by atoms with van der Waals surface area (Å²) in [7, 11) is -3.16. The highest BCUT2D eigenvalue weighted by molar-refractivity contribution is 7.94. The molecule has 0 amide bonds. The second-order valence-electron chi connectivity index (χ2n) is 8.53. The van der Waals surface area contributed by atoms with E-state index in [1.54, 1.807) is 12.3 Å². The lowest BCUT2D eigenvalue weighted by Crippen LogP contribution is -2.42. The lowest BCUT2D eigenvalue weighted by molar-refractivity contribution is -0.180. The number of aliphatic imine (C=N–C) groups is 2. The van der Waals surface area contributed by atoms with Crippen LogP contribution in [-0.4, -0.2) is 76.3 Å². The normalized spacial score (nSPS) is 23.5. The number of nitrogens with one attached hydrogen (secondary N) is 2. The van der Waals surface area contributed by atoms with Crippen LogP contribution in [0.1, 0.15) is 34.1 Å². The highest BCUT2D eigenvalue weighted by Gasteiger charge is 2.23. The van der Waals surface area contributed by atoms with Gasteiger partial charge in [-0.15, -0.1) is 0 Å². The first-order valence-electron chi connectivity index (χ1n) is 10.1. The number of sulfone groups is 1. The number of hydrogen-bond donors (Lipinski definition) is 3.